The third kappa shape index (κ3) is 4.51. The molecule has 0 radical (unpaired) electrons. The van der Waals surface area contributed by atoms with Gasteiger partial charge in [-0.05, 0) is 58.5 Å². The molecule has 0 spiro atoms. The topological polar surface area (TPSA) is 78.7 Å². The number of amides is 2. The highest BCUT2D eigenvalue weighted by Crippen LogP contribution is 2.40. The minimum Gasteiger partial charge on any atom is -0.360 e. The standard InChI is InChI=1S/C20H30N4O3/c1-14-12-16(21-20(26)17-13-18(27-22-17)15-4-5-15)6-11-24(14)19(25)7-10-23-8-2-3-9-23/h13-16H,2-12H2,1H3,(H,21,26)/t14-,16?/m0/s1. The molecule has 1 N–H and O–H groups in total. The third-order valence-corrected chi connectivity index (χ3v) is 6.11. The molecule has 7 heteroatoms. The van der Waals surface area contributed by atoms with Gasteiger partial charge in [0.25, 0.3) is 5.91 Å². The Morgan fingerprint density at radius 1 is 1.22 bits per heavy atom. The Morgan fingerprint density at radius 2 is 2.00 bits per heavy atom. The molecule has 2 aliphatic heterocycles. The molecule has 0 bridgehead atoms. The predicted molar refractivity (Wildman–Crippen MR) is 100 cm³/mol. The molecule has 1 aromatic heterocycles. The summed E-state index contributed by atoms with van der Waals surface area (Å²) in [5, 5.41) is 6.98. The maximum atomic E-state index is 12.6. The van der Waals surface area contributed by atoms with E-state index in [2.05, 4.69) is 22.3 Å². The number of carbonyl (C=O) groups excluding carboxylic acids is 2. The Labute approximate surface area is 160 Å². The van der Waals surface area contributed by atoms with Crippen molar-refractivity contribution < 1.29 is 14.1 Å². The first-order chi connectivity index (χ1) is 13.1. The smallest absolute Gasteiger partial charge is 0.273 e. The molecule has 148 valence electrons. The summed E-state index contributed by atoms with van der Waals surface area (Å²) >= 11 is 0. The lowest BCUT2D eigenvalue weighted by atomic mass is 9.97. The van der Waals surface area contributed by atoms with E-state index in [1.54, 1.807) is 6.07 Å². The van der Waals surface area contributed by atoms with Gasteiger partial charge >= 0.3 is 0 Å². The van der Waals surface area contributed by atoms with Crippen LogP contribution in [-0.4, -0.2) is 65.0 Å². The van der Waals surface area contributed by atoms with Gasteiger partial charge in [0.2, 0.25) is 5.91 Å². The van der Waals surface area contributed by atoms with Crippen LogP contribution in [0.3, 0.4) is 0 Å². The van der Waals surface area contributed by atoms with Crippen LogP contribution in [0, 0.1) is 0 Å². The summed E-state index contributed by atoms with van der Waals surface area (Å²) in [6, 6.07) is 2.00. The molecular weight excluding hydrogens is 344 g/mol. The van der Waals surface area contributed by atoms with Crippen LogP contribution in [0.2, 0.25) is 0 Å². The lowest BCUT2D eigenvalue weighted by Gasteiger charge is -2.38. The first-order valence-corrected chi connectivity index (χ1v) is 10.4. The average molecular weight is 374 g/mol. The average Bonchev–Trinajstić information content (AvgIpc) is 3.17. The Hall–Kier alpha value is -1.89. The molecule has 27 heavy (non-hydrogen) atoms. The first kappa shape index (κ1) is 18.5. The summed E-state index contributed by atoms with van der Waals surface area (Å²) in [6.07, 6.45) is 6.93. The third-order valence-electron chi connectivity index (χ3n) is 6.11. The SMILES string of the molecule is C[C@H]1CC(NC(=O)c2cc(C3CC3)on2)CCN1C(=O)CCN1CCCC1. The van der Waals surface area contributed by atoms with E-state index in [9.17, 15) is 9.59 Å². The minimum absolute atomic E-state index is 0.0798. The highest BCUT2D eigenvalue weighted by molar-refractivity contribution is 5.92. The van der Waals surface area contributed by atoms with E-state index in [0.29, 0.717) is 24.6 Å². The molecular formula is C20H30N4O3. The van der Waals surface area contributed by atoms with Crippen LogP contribution in [-0.2, 0) is 4.79 Å². The second-order valence-corrected chi connectivity index (χ2v) is 8.32. The van der Waals surface area contributed by atoms with Crippen molar-refractivity contribution in [3.63, 3.8) is 0 Å². The molecule has 1 unspecified atom stereocenters. The second-order valence-electron chi connectivity index (χ2n) is 8.32. The van der Waals surface area contributed by atoms with E-state index in [1.807, 2.05) is 4.90 Å². The number of hydrogen-bond acceptors (Lipinski definition) is 5. The number of aromatic nitrogens is 1. The number of hydrogen-bond donors (Lipinski definition) is 1. The molecule has 2 atom stereocenters. The van der Waals surface area contributed by atoms with Gasteiger partial charge in [-0.1, -0.05) is 5.16 Å². The highest BCUT2D eigenvalue weighted by atomic mass is 16.5. The fourth-order valence-corrected chi connectivity index (χ4v) is 4.29. The molecule has 3 fully saturated rings. The predicted octanol–water partition coefficient (Wildman–Crippen LogP) is 2.15. The van der Waals surface area contributed by atoms with Crippen molar-refractivity contribution in [3.8, 4) is 0 Å². The summed E-state index contributed by atoms with van der Waals surface area (Å²) in [5.74, 6) is 1.35. The van der Waals surface area contributed by atoms with Crippen molar-refractivity contribution in [3.05, 3.63) is 17.5 Å². The molecule has 1 aromatic rings. The van der Waals surface area contributed by atoms with E-state index < -0.39 is 0 Å². The van der Waals surface area contributed by atoms with Crippen LogP contribution < -0.4 is 5.32 Å². The van der Waals surface area contributed by atoms with Crippen molar-refractivity contribution in [2.45, 2.75) is 69.9 Å². The molecule has 1 aliphatic carbocycles. The Kier molecular flexibility index (Phi) is 5.48. The number of rotatable bonds is 6. The van der Waals surface area contributed by atoms with E-state index in [4.69, 9.17) is 4.52 Å². The van der Waals surface area contributed by atoms with E-state index in [1.165, 1.54) is 12.8 Å². The van der Waals surface area contributed by atoms with Gasteiger partial charge in [-0.25, -0.2) is 0 Å². The van der Waals surface area contributed by atoms with Gasteiger partial charge in [-0.3, -0.25) is 9.59 Å². The zero-order valence-electron chi connectivity index (χ0n) is 16.2. The number of nitrogens with zero attached hydrogens (tertiary/aromatic N) is 3. The Bertz CT molecular complexity index is 679. The zero-order chi connectivity index (χ0) is 18.8. The van der Waals surface area contributed by atoms with Gasteiger partial charge in [-0.15, -0.1) is 0 Å². The molecule has 3 aliphatic rings. The first-order valence-electron chi connectivity index (χ1n) is 10.4. The van der Waals surface area contributed by atoms with E-state index in [0.717, 1.165) is 51.1 Å². The van der Waals surface area contributed by atoms with Crippen LogP contribution in [0.15, 0.2) is 10.6 Å². The van der Waals surface area contributed by atoms with E-state index >= 15 is 0 Å². The quantitative estimate of drug-likeness (QED) is 0.825. The van der Waals surface area contributed by atoms with Crippen LogP contribution in [0.25, 0.3) is 0 Å². The van der Waals surface area contributed by atoms with Crippen molar-refractivity contribution in [2.75, 3.05) is 26.2 Å². The molecule has 2 saturated heterocycles. The molecule has 7 nitrogen and oxygen atoms in total. The fourth-order valence-electron chi connectivity index (χ4n) is 4.29. The Morgan fingerprint density at radius 3 is 2.70 bits per heavy atom. The molecule has 4 rings (SSSR count). The molecule has 0 aromatic carbocycles. The van der Waals surface area contributed by atoms with Gasteiger partial charge in [0.1, 0.15) is 5.76 Å². The van der Waals surface area contributed by atoms with Crippen LogP contribution in [0.1, 0.15) is 74.0 Å². The summed E-state index contributed by atoms with van der Waals surface area (Å²) in [7, 11) is 0. The summed E-state index contributed by atoms with van der Waals surface area (Å²) in [5.41, 5.74) is 0.369. The lowest BCUT2D eigenvalue weighted by molar-refractivity contribution is -0.135. The largest absolute Gasteiger partial charge is 0.360 e. The van der Waals surface area contributed by atoms with Gasteiger partial charge in [0.15, 0.2) is 5.69 Å². The number of nitrogens with one attached hydrogen (secondary N) is 1. The molecule has 2 amide bonds. The molecule has 3 heterocycles. The maximum Gasteiger partial charge on any atom is 0.273 e. The molecule has 1 saturated carbocycles. The maximum absolute atomic E-state index is 12.6. The van der Waals surface area contributed by atoms with Crippen molar-refractivity contribution in [1.82, 2.24) is 20.3 Å². The van der Waals surface area contributed by atoms with Crippen molar-refractivity contribution in [1.29, 1.82) is 0 Å². The van der Waals surface area contributed by atoms with Gasteiger partial charge in [-0.2, -0.15) is 0 Å². The van der Waals surface area contributed by atoms with E-state index in [-0.39, 0.29) is 23.9 Å². The van der Waals surface area contributed by atoms with Crippen LogP contribution in [0.4, 0.5) is 0 Å². The number of carbonyl (C=O) groups is 2. The zero-order valence-corrected chi connectivity index (χ0v) is 16.2. The summed E-state index contributed by atoms with van der Waals surface area (Å²) in [4.78, 5) is 29.4. The summed E-state index contributed by atoms with van der Waals surface area (Å²) in [6.45, 7) is 5.91. The van der Waals surface area contributed by atoms with Crippen LogP contribution in [0.5, 0.6) is 0 Å². The lowest BCUT2D eigenvalue weighted by Crippen LogP contribution is -2.51. The van der Waals surface area contributed by atoms with Crippen molar-refractivity contribution in [2.24, 2.45) is 0 Å². The van der Waals surface area contributed by atoms with Crippen LogP contribution >= 0.6 is 0 Å². The van der Waals surface area contributed by atoms with Gasteiger partial charge in [0.05, 0.1) is 0 Å². The van der Waals surface area contributed by atoms with Crippen molar-refractivity contribution >= 4 is 11.8 Å². The highest BCUT2D eigenvalue weighted by Gasteiger charge is 2.32. The fraction of sp³-hybridized carbons (Fsp3) is 0.750. The number of piperidine rings is 1. The number of likely N-dealkylation sites (tertiary alicyclic amines) is 2. The second kappa shape index (κ2) is 8.00. The minimum atomic E-state index is -0.170. The van der Waals surface area contributed by atoms with Gasteiger partial charge in [0, 0.05) is 43.6 Å². The monoisotopic (exact) mass is 374 g/mol. The summed E-state index contributed by atoms with van der Waals surface area (Å²) < 4.78 is 5.27. The normalized spacial score (nSPS) is 26.3. The van der Waals surface area contributed by atoms with Gasteiger partial charge < -0.3 is 19.6 Å². The Balaban J connectivity index is 1.23.